The van der Waals surface area contributed by atoms with Crippen LogP contribution in [0.4, 0.5) is 0 Å². The second kappa shape index (κ2) is 6.75. The number of piperidine rings is 1. The van der Waals surface area contributed by atoms with Gasteiger partial charge in [0.25, 0.3) is 5.91 Å². The van der Waals surface area contributed by atoms with Crippen molar-refractivity contribution in [1.29, 1.82) is 0 Å². The quantitative estimate of drug-likeness (QED) is 0.858. The van der Waals surface area contributed by atoms with Crippen molar-refractivity contribution < 1.29 is 14.3 Å². The van der Waals surface area contributed by atoms with Crippen molar-refractivity contribution in [2.75, 3.05) is 7.11 Å². The Kier molecular flexibility index (Phi) is 4.30. The average Bonchev–Trinajstić information content (AvgIpc) is 2.92. The molecule has 0 spiro atoms. The molecule has 1 amide bonds. The van der Waals surface area contributed by atoms with Crippen molar-refractivity contribution >= 4 is 5.91 Å². The third kappa shape index (κ3) is 3.06. The van der Waals surface area contributed by atoms with Crippen LogP contribution in [0.5, 0.6) is 11.5 Å². The summed E-state index contributed by atoms with van der Waals surface area (Å²) in [5.74, 6) is 1.52. The SMILES string of the molecule is COc1ccccc1C(=O)N1[C@H]2CC[C@H]1CC(Oc1cccnc1)C2. The molecule has 4 rings (SSSR count). The van der Waals surface area contributed by atoms with Crippen LogP contribution in [0.25, 0.3) is 0 Å². The second-order valence-electron chi connectivity index (χ2n) is 6.70. The van der Waals surface area contributed by atoms with Gasteiger partial charge in [-0.1, -0.05) is 12.1 Å². The standard InChI is InChI=1S/C20H22N2O3/c1-24-19-7-3-2-6-18(19)20(23)22-14-8-9-15(22)12-17(11-14)25-16-5-4-10-21-13-16/h2-7,10,13-15,17H,8-9,11-12H2,1H3/t14-,15-/m0/s1. The molecule has 130 valence electrons. The van der Waals surface area contributed by atoms with Gasteiger partial charge < -0.3 is 14.4 Å². The fraction of sp³-hybridized carbons (Fsp3) is 0.400. The first-order valence-electron chi connectivity index (χ1n) is 8.78. The number of carbonyl (C=O) groups is 1. The van der Waals surface area contributed by atoms with Gasteiger partial charge in [-0.25, -0.2) is 0 Å². The van der Waals surface area contributed by atoms with E-state index in [1.807, 2.05) is 36.4 Å². The summed E-state index contributed by atoms with van der Waals surface area (Å²) in [6.07, 6.45) is 7.44. The molecule has 0 saturated carbocycles. The van der Waals surface area contributed by atoms with Crippen molar-refractivity contribution in [2.24, 2.45) is 0 Å². The lowest BCUT2D eigenvalue weighted by atomic mass is 9.98. The smallest absolute Gasteiger partial charge is 0.258 e. The number of fused-ring (bicyclic) bond motifs is 2. The number of benzene rings is 1. The van der Waals surface area contributed by atoms with E-state index in [4.69, 9.17) is 9.47 Å². The van der Waals surface area contributed by atoms with E-state index < -0.39 is 0 Å². The van der Waals surface area contributed by atoms with Crippen LogP contribution in [0.3, 0.4) is 0 Å². The summed E-state index contributed by atoms with van der Waals surface area (Å²) in [5, 5.41) is 0. The number of ether oxygens (including phenoxy) is 2. The van der Waals surface area contributed by atoms with Gasteiger partial charge in [0, 0.05) is 31.1 Å². The Morgan fingerprint density at radius 2 is 1.88 bits per heavy atom. The number of amides is 1. The van der Waals surface area contributed by atoms with E-state index in [0.29, 0.717) is 11.3 Å². The molecule has 2 aliphatic heterocycles. The third-order valence-corrected chi connectivity index (χ3v) is 5.20. The molecule has 25 heavy (non-hydrogen) atoms. The number of rotatable bonds is 4. The minimum atomic E-state index is 0.0739. The van der Waals surface area contributed by atoms with Crippen molar-refractivity contribution in [2.45, 2.75) is 43.9 Å². The highest BCUT2D eigenvalue weighted by Gasteiger charge is 2.44. The Hall–Kier alpha value is -2.56. The summed E-state index contributed by atoms with van der Waals surface area (Å²) in [7, 11) is 1.61. The van der Waals surface area contributed by atoms with E-state index in [2.05, 4.69) is 9.88 Å². The maximum absolute atomic E-state index is 13.1. The fourth-order valence-corrected chi connectivity index (χ4v) is 4.12. The van der Waals surface area contributed by atoms with Crippen molar-refractivity contribution in [3.63, 3.8) is 0 Å². The molecule has 2 saturated heterocycles. The molecule has 1 aromatic heterocycles. The lowest BCUT2D eigenvalue weighted by Crippen LogP contribution is -2.49. The zero-order valence-electron chi connectivity index (χ0n) is 14.3. The van der Waals surface area contributed by atoms with Gasteiger partial charge >= 0.3 is 0 Å². The van der Waals surface area contributed by atoms with Crippen molar-refractivity contribution in [1.82, 2.24) is 9.88 Å². The summed E-state index contributed by atoms with van der Waals surface area (Å²) in [5.41, 5.74) is 0.647. The van der Waals surface area contributed by atoms with E-state index in [9.17, 15) is 4.79 Å². The predicted molar refractivity (Wildman–Crippen MR) is 93.9 cm³/mol. The van der Waals surface area contributed by atoms with Gasteiger partial charge in [-0.15, -0.1) is 0 Å². The highest BCUT2D eigenvalue weighted by molar-refractivity contribution is 5.97. The minimum Gasteiger partial charge on any atom is -0.496 e. The maximum atomic E-state index is 13.1. The molecule has 0 unspecified atom stereocenters. The normalized spacial score (nSPS) is 24.8. The van der Waals surface area contributed by atoms with Crippen molar-refractivity contribution in [3.05, 3.63) is 54.4 Å². The first-order valence-corrected chi connectivity index (χ1v) is 8.78. The average molecular weight is 338 g/mol. The molecular weight excluding hydrogens is 316 g/mol. The van der Waals surface area contributed by atoms with Gasteiger partial charge in [-0.05, 0) is 37.1 Å². The van der Waals surface area contributed by atoms with Crippen LogP contribution in [0.2, 0.25) is 0 Å². The van der Waals surface area contributed by atoms with E-state index in [1.165, 1.54) is 0 Å². The zero-order valence-corrected chi connectivity index (χ0v) is 14.3. The van der Waals surface area contributed by atoms with E-state index in [-0.39, 0.29) is 24.1 Å². The molecule has 2 bridgehead atoms. The summed E-state index contributed by atoms with van der Waals surface area (Å²) < 4.78 is 11.5. The zero-order chi connectivity index (χ0) is 17.2. The van der Waals surface area contributed by atoms with E-state index in [1.54, 1.807) is 19.5 Å². The second-order valence-corrected chi connectivity index (χ2v) is 6.70. The lowest BCUT2D eigenvalue weighted by molar-refractivity contribution is 0.0355. The van der Waals surface area contributed by atoms with Crippen LogP contribution in [0.1, 0.15) is 36.0 Å². The number of carbonyl (C=O) groups excluding carboxylic acids is 1. The molecule has 2 fully saturated rings. The molecule has 1 aromatic carbocycles. The van der Waals surface area contributed by atoms with E-state index in [0.717, 1.165) is 31.4 Å². The Balaban J connectivity index is 1.50. The van der Waals surface area contributed by atoms with Crippen LogP contribution in [0.15, 0.2) is 48.8 Å². The molecule has 5 heteroatoms. The number of pyridine rings is 1. The summed E-state index contributed by atoms with van der Waals surface area (Å²) in [6, 6.07) is 11.7. The number of para-hydroxylation sites is 1. The molecular formula is C20H22N2O3. The minimum absolute atomic E-state index is 0.0739. The van der Waals surface area contributed by atoms with Crippen LogP contribution in [-0.2, 0) is 0 Å². The first-order chi connectivity index (χ1) is 12.3. The topological polar surface area (TPSA) is 51.7 Å². The number of aromatic nitrogens is 1. The third-order valence-electron chi connectivity index (χ3n) is 5.20. The molecule has 0 aliphatic carbocycles. The number of methoxy groups -OCH3 is 1. The summed E-state index contributed by atoms with van der Waals surface area (Å²) >= 11 is 0. The van der Waals surface area contributed by atoms with Gasteiger partial charge in [0.1, 0.15) is 17.6 Å². The molecule has 2 atom stereocenters. The van der Waals surface area contributed by atoms with Crippen LogP contribution >= 0.6 is 0 Å². The van der Waals surface area contributed by atoms with Gasteiger partial charge in [0.15, 0.2) is 0 Å². The van der Waals surface area contributed by atoms with Crippen LogP contribution < -0.4 is 9.47 Å². The largest absolute Gasteiger partial charge is 0.496 e. The molecule has 0 N–H and O–H groups in total. The summed E-state index contributed by atoms with van der Waals surface area (Å²) in [4.78, 5) is 19.3. The molecule has 2 aliphatic rings. The maximum Gasteiger partial charge on any atom is 0.258 e. The predicted octanol–water partition coefficient (Wildman–Crippen LogP) is 3.30. The Morgan fingerprint density at radius 3 is 2.56 bits per heavy atom. The summed E-state index contributed by atoms with van der Waals surface area (Å²) in [6.45, 7) is 0. The molecule has 3 heterocycles. The first kappa shape index (κ1) is 15.9. The number of nitrogens with zero attached hydrogens (tertiary/aromatic N) is 2. The Bertz CT molecular complexity index is 736. The van der Waals surface area contributed by atoms with Crippen molar-refractivity contribution in [3.8, 4) is 11.5 Å². The number of hydrogen-bond donors (Lipinski definition) is 0. The van der Waals surface area contributed by atoms with Crippen LogP contribution in [-0.4, -0.2) is 41.1 Å². The van der Waals surface area contributed by atoms with Gasteiger partial charge in [-0.2, -0.15) is 0 Å². The fourth-order valence-electron chi connectivity index (χ4n) is 4.12. The van der Waals surface area contributed by atoms with Gasteiger partial charge in [-0.3, -0.25) is 9.78 Å². The lowest BCUT2D eigenvalue weighted by Gasteiger charge is -2.39. The molecule has 5 nitrogen and oxygen atoms in total. The van der Waals surface area contributed by atoms with E-state index >= 15 is 0 Å². The van der Waals surface area contributed by atoms with Gasteiger partial charge in [0.2, 0.25) is 0 Å². The monoisotopic (exact) mass is 338 g/mol. The highest BCUT2D eigenvalue weighted by atomic mass is 16.5. The number of hydrogen-bond acceptors (Lipinski definition) is 4. The Morgan fingerprint density at radius 1 is 1.12 bits per heavy atom. The highest BCUT2D eigenvalue weighted by Crippen LogP contribution is 2.39. The molecule has 2 aromatic rings. The van der Waals surface area contributed by atoms with Gasteiger partial charge in [0.05, 0.1) is 18.9 Å². The van der Waals surface area contributed by atoms with Crippen LogP contribution in [0, 0.1) is 0 Å². The Labute approximate surface area is 147 Å². The molecule has 0 radical (unpaired) electrons.